The van der Waals surface area contributed by atoms with Gasteiger partial charge in [0.15, 0.2) is 17.0 Å². The first kappa shape index (κ1) is 19.0. The fourth-order valence-electron chi connectivity index (χ4n) is 3.41. The van der Waals surface area contributed by atoms with Crippen LogP contribution >= 0.6 is 11.6 Å². The molecule has 2 aliphatic heterocycles. The molecule has 1 unspecified atom stereocenters. The number of piperidine rings is 1. The van der Waals surface area contributed by atoms with E-state index in [1.807, 2.05) is 0 Å². The minimum absolute atomic E-state index is 0.0886. The van der Waals surface area contributed by atoms with Crippen molar-refractivity contribution in [2.24, 2.45) is 0 Å². The average molecular weight is 394 g/mol. The van der Waals surface area contributed by atoms with Crippen LogP contribution in [0.2, 0.25) is 5.02 Å². The van der Waals surface area contributed by atoms with E-state index in [1.165, 1.54) is 17.0 Å². The summed E-state index contributed by atoms with van der Waals surface area (Å²) in [5.74, 6) is -1.27. The zero-order valence-corrected chi connectivity index (χ0v) is 15.3. The molecule has 27 heavy (non-hydrogen) atoms. The SMILES string of the molecule is CCO/C=C(/C#N)C(=O)N1CCCC2(C1)OC(=O)Nc1ccc(Cl)c(F)c12. The molecule has 0 aliphatic carbocycles. The molecule has 2 amide bonds. The maximum atomic E-state index is 14.8. The normalized spacial score (nSPS) is 21.8. The second-order valence-electron chi connectivity index (χ2n) is 6.22. The molecule has 3 rings (SSSR count). The number of nitrogens with one attached hydrogen (secondary N) is 1. The zero-order chi connectivity index (χ0) is 19.6. The van der Waals surface area contributed by atoms with Gasteiger partial charge in [-0.25, -0.2) is 9.18 Å². The summed E-state index contributed by atoms with van der Waals surface area (Å²) in [7, 11) is 0. The third-order valence-electron chi connectivity index (χ3n) is 4.54. The van der Waals surface area contributed by atoms with Crippen molar-refractivity contribution in [3.8, 4) is 6.07 Å². The molecule has 1 aromatic rings. The third kappa shape index (κ3) is 3.43. The summed E-state index contributed by atoms with van der Waals surface area (Å²) in [5.41, 5.74) is -1.18. The molecule has 0 radical (unpaired) electrons. The summed E-state index contributed by atoms with van der Waals surface area (Å²) in [6.45, 7) is 2.29. The Kier molecular flexibility index (Phi) is 5.24. The number of amides is 2. The number of benzene rings is 1. The highest BCUT2D eigenvalue weighted by atomic mass is 35.5. The minimum atomic E-state index is -1.37. The predicted octanol–water partition coefficient (Wildman–Crippen LogP) is 3.30. The van der Waals surface area contributed by atoms with Gasteiger partial charge in [0.2, 0.25) is 0 Å². The Hall–Kier alpha value is -2.79. The molecule has 1 saturated heterocycles. The number of likely N-dealkylation sites (tertiary alicyclic amines) is 1. The van der Waals surface area contributed by atoms with Crippen molar-refractivity contribution in [2.75, 3.05) is 25.0 Å². The number of fused-ring (bicyclic) bond motifs is 2. The van der Waals surface area contributed by atoms with Crippen LogP contribution < -0.4 is 5.32 Å². The van der Waals surface area contributed by atoms with E-state index in [4.69, 9.17) is 21.1 Å². The van der Waals surface area contributed by atoms with E-state index >= 15 is 0 Å². The summed E-state index contributed by atoms with van der Waals surface area (Å²) in [4.78, 5) is 26.1. The van der Waals surface area contributed by atoms with Crippen LogP contribution in [0.15, 0.2) is 24.0 Å². The number of nitrogens with zero attached hydrogens (tertiary/aromatic N) is 2. The first-order chi connectivity index (χ1) is 12.9. The van der Waals surface area contributed by atoms with Crippen molar-refractivity contribution in [1.82, 2.24) is 4.90 Å². The quantitative estimate of drug-likeness (QED) is 0.483. The highest BCUT2D eigenvalue weighted by molar-refractivity contribution is 6.31. The molecule has 2 heterocycles. The number of halogens is 2. The molecule has 1 fully saturated rings. The van der Waals surface area contributed by atoms with Crippen LogP contribution in [0.4, 0.5) is 14.9 Å². The van der Waals surface area contributed by atoms with Gasteiger partial charge in [0.05, 0.1) is 29.4 Å². The third-order valence-corrected chi connectivity index (χ3v) is 4.83. The summed E-state index contributed by atoms with van der Waals surface area (Å²) < 4.78 is 25.3. The van der Waals surface area contributed by atoms with Gasteiger partial charge in [0, 0.05) is 6.54 Å². The molecule has 7 nitrogen and oxygen atoms in total. The first-order valence-corrected chi connectivity index (χ1v) is 8.79. The molecular weight excluding hydrogens is 377 g/mol. The van der Waals surface area contributed by atoms with Crippen LogP contribution in [0, 0.1) is 17.1 Å². The van der Waals surface area contributed by atoms with Gasteiger partial charge in [0.25, 0.3) is 5.91 Å². The zero-order valence-electron chi connectivity index (χ0n) is 14.6. The van der Waals surface area contributed by atoms with Crippen molar-refractivity contribution in [3.63, 3.8) is 0 Å². The van der Waals surface area contributed by atoms with Crippen molar-refractivity contribution >= 4 is 29.3 Å². The van der Waals surface area contributed by atoms with Gasteiger partial charge in [-0.1, -0.05) is 11.6 Å². The van der Waals surface area contributed by atoms with Crippen LogP contribution in [0.1, 0.15) is 25.3 Å². The summed E-state index contributed by atoms with van der Waals surface area (Å²) in [6.07, 6.45) is 1.15. The molecule has 1 atom stereocenters. The number of ether oxygens (including phenoxy) is 2. The Balaban J connectivity index is 1.99. The standard InChI is InChI=1S/C18H17ClFN3O4/c1-2-26-9-11(8-21)16(24)23-7-3-6-18(10-23)14-13(22-17(25)27-18)5-4-12(19)15(14)20/h4-5,9H,2-3,6-7,10H2,1H3,(H,22,25)/b11-9-. The van der Waals surface area contributed by atoms with Gasteiger partial charge in [-0.05, 0) is 31.9 Å². The van der Waals surface area contributed by atoms with E-state index in [0.29, 0.717) is 26.0 Å². The number of nitriles is 1. The first-order valence-electron chi connectivity index (χ1n) is 8.41. The molecule has 2 aliphatic rings. The summed E-state index contributed by atoms with van der Waals surface area (Å²) in [6, 6.07) is 4.65. The number of carbonyl (C=O) groups excluding carboxylic acids is 2. The molecule has 142 valence electrons. The smallest absolute Gasteiger partial charge is 0.412 e. The van der Waals surface area contributed by atoms with Crippen molar-refractivity contribution in [1.29, 1.82) is 5.26 Å². The fourth-order valence-corrected chi connectivity index (χ4v) is 3.57. The monoisotopic (exact) mass is 393 g/mol. The van der Waals surface area contributed by atoms with Gasteiger partial charge >= 0.3 is 6.09 Å². The Morgan fingerprint density at radius 3 is 3.07 bits per heavy atom. The lowest BCUT2D eigenvalue weighted by atomic mass is 9.83. The van der Waals surface area contributed by atoms with E-state index in [-0.39, 0.29) is 28.4 Å². The van der Waals surface area contributed by atoms with E-state index in [9.17, 15) is 19.2 Å². The van der Waals surface area contributed by atoms with Crippen molar-refractivity contribution in [2.45, 2.75) is 25.4 Å². The van der Waals surface area contributed by atoms with Crippen LogP contribution in [0.5, 0.6) is 0 Å². The lowest BCUT2D eigenvalue weighted by molar-refractivity contribution is -0.134. The lowest BCUT2D eigenvalue weighted by Crippen LogP contribution is -2.53. The molecule has 1 N–H and O–H groups in total. The molecule has 0 aromatic heterocycles. The highest BCUT2D eigenvalue weighted by Crippen LogP contribution is 2.45. The number of anilines is 1. The van der Waals surface area contributed by atoms with Gasteiger partial charge in [-0.15, -0.1) is 0 Å². The minimum Gasteiger partial charge on any atom is -0.500 e. The summed E-state index contributed by atoms with van der Waals surface area (Å²) in [5, 5.41) is 11.6. The maximum Gasteiger partial charge on any atom is 0.412 e. The molecule has 0 bridgehead atoms. The van der Waals surface area contributed by atoms with Gasteiger partial charge in [0.1, 0.15) is 12.3 Å². The number of carbonyl (C=O) groups is 2. The number of hydrogen-bond donors (Lipinski definition) is 1. The summed E-state index contributed by atoms with van der Waals surface area (Å²) >= 11 is 5.92. The fraction of sp³-hybridized carbons (Fsp3) is 0.389. The van der Waals surface area contributed by atoms with E-state index in [2.05, 4.69) is 5.32 Å². The highest BCUT2D eigenvalue weighted by Gasteiger charge is 2.48. The predicted molar refractivity (Wildman–Crippen MR) is 94.3 cm³/mol. The molecule has 0 saturated carbocycles. The number of rotatable bonds is 3. The van der Waals surface area contributed by atoms with Crippen LogP contribution in [0.3, 0.4) is 0 Å². The molecule has 1 aromatic carbocycles. The number of hydrogen-bond acceptors (Lipinski definition) is 5. The van der Waals surface area contributed by atoms with Crippen LogP contribution in [-0.2, 0) is 19.9 Å². The van der Waals surface area contributed by atoms with Gasteiger partial charge in [-0.2, -0.15) is 5.26 Å². The second-order valence-corrected chi connectivity index (χ2v) is 6.63. The van der Waals surface area contributed by atoms with Crippen molar-refractivity contribution < 1.29 is 23.5 Å². The van der Waals surface area contributed by atoms with E-state index < -0.39 is 23.4 Å². The Labute approximate surface area is 160 Å². The Morgan fingerprint density at radius 2 is 2.37 bits per heavy atom. The van der Waals surface area contributed by atoms with Gasteiger partial charge < -0.3 is 14.4 Å². The Bertz CT molecular complexity index is 867. The van der Waals surface area contributed by atoms with Gasteiger partial charge in [-0.3, -0.25) is 10.1 Å². The second kappa shape index (κ2) is 7.45. The maximum absolute atomic E-state index is 14.8. The van der Waals surface area contributed by atoms with Crippen molar-refractivity contribution in [3.05, 3.63) is 40.4 Å². The lowest BCUT2D eigenvalue weighted by Gasteiger charge is -2.45. The van der Waals surface area contributed by atoms with Crippen LogP contribution in [-0.4, -0.2) is 36.6 Å². The molecular formula is C18H17ClFN3O4. The average Bonchev–Trinajstić information content (AvgIpc) is 2.65. The Morgan fingerprint density at radius 1 is 1.59 bits per heavy atom. The topological polar surface area (TPSA) is 91.7 Å². The molecule has 9 heteroatoms. The van der Waals surface area contributed by atoms with E-state index in [0.717, 1.165) is 6.26 Å². The van der Waals surface area contributed by atoms with E-state index in [1.54, 1.807) is 13.0 Å². The molecule has 1 spiro atoms. The largest absolute Gasteiger partial charge is 0.500 e. The van der Waals surface area contributed by atoms with Crippen LogP contribution in [0.25, 0.3) is 0 Å².